The Kier molecular flexibility index (Phi) is 23.7. The minimum atomic E-state index is -0.922. The Bertz CT molecular complexity index is 267. The quantitative estimate of drug-likeness (QED) is 0.425. The van der Waals surface area contributed by atoms with Gasteiger partial charge in [-0.2, -0.15) is 0 Å². The molecule has 0 heterocycles. The number of unbranched alkanes of at least 4 members (excludes halogenated alkanes) is 3. The van der Waals surface area contributed by atoms with Crippen LogP contribution in [0.2, 0.25) is 0 Å². The molecule has 0 fully saturated rings. The molecule has 0 N–H and O–H groups in total. The van der Waals surface area contributed by atoms with Crippen molar-refractivity contribution in [2.75, 3.05) is 0 Å². The van der Waals surface area contributed by atoms with Crippen LogP contribution in [0.15, 0.2) is 0 Å². The van der Waals surface area contributed by atoms with Crippen molar-refractivity contribution in [3.63, 3.8) is 0 Å². The fourth-order valence-electron chi connectivity index (χ4n) is 1.94. The monoisotopic (exact) mass is 340 g/mol. The fraction of sp³-hybridized carbons (Fsp3) is 0.882. The minimum absolute atomic E-state index is 0. The Morgan fingerprint density at radius 1 is 0.909 bits per heavy atom. The predicted molar refractivity (Wildman–Crippen MR) is 87.0 cm³/mol. The second-order valence-corrected chi connectivity index (χ2v) is 5.93. The SMILES string of the molecule is CC(C)CCCCCC(=O)[O-].CCCCC(CC)C(=O)[O-].[Ca+2]. The summed E-state index contributed by atoms with van der Waals surface area (Å²) < 4.78 is 0. The van der Waals surface area contributed by atoms with Crippen LogP contribution in [-0.4, -0.2) is 49.7 Å². The summed E-state index contributed by atoms with van der Waals surface area (Å²) in [4.78, 5) is 20.3. The zero-order chi connectivity index (χ0) is 16.7. The summed E-state index contributed by atoms with van der Waals surface area (Å²) in [5, 5.41) is 20.3. The van der Waals surface area contributed by atoms with Crippen LogP contribution in [-0.2, 0) is 9.59 Å². The maximum absolute atomic E-state index is 10.3. The van der Waals surface area contributed by atoms with Gasteiger partial charge in [0, 0.05) is 11.9 Å². The van der Waals surface area contributed by atoms with Gasteiger partial charge in [-0.15, -0.1) is 0 Å². The second kappa shape index (κ2) is 19.2. The van der Waals surface area contributed by atoms with E-state index in [1.807, 2.05) is 6.92 Å². The van der Waals surface area contributed by atoms with Gasteiger partial charge in [-0.3, -0.25) is 0 Å². The largest absolute Gasteiger partial charge is 2.00 e. The van der Waals surface area contributed by atoms with E-state index in [-0.39, 0.29) is 50.1 Å². The minimum Gasteiger partial charge on any atom is -0.550 e. The average molecular weight is 341 g/mol. The molecule has 0 spiro atoms. The number of carboxylic acid groups (broad SMARTS) is 2. The molecule has 1 unspecified atom stereocenters. The van der Waals surface area contributed by atoms with Crippen LogP contribution in [0.4, 0.5) is 0 Å². The first-order chi connectivity index (χ1) is 9.84. The summed E-state index contributed by atoms with van der Waals surface area (Å²) in [6, 6.07) is 0. The summed E-state index contributed by atoms with van der Waals surface area (Å²) in [6.07, 6.45) is 7.88. The molecule has 0 saturated heterocycles. The number of carbonyl (C=O) groups excluding carboxylic acids is 2. The third-order valence-corrected chi connectivity index (χ3v) is 3.39. The Balaban J connectivity index is -0.000000315. The van der Waals surface area contributed by atoms with Gasteiger partial charge in [-0.25, -0.2) is 0 Å². The molecule has 0 saturated carbocycles. The molecule has 0 bridgehead atoms. The number of rotatable bonds is 11. The molecule has 1 atom stereocenters. The van der Waals surface area contributed by atoms with Crippen molar-refractivity contribution in [1.82, 2.24) is 0 Å². The van der Waals surface area contributed by atoms with Crippen LogP contribution in [0, 0.1) is 11.8 Å². The molecule has 22 heavy (non-hydrogen) atoms. The molecule has 0 aromatic heterocycles. The number of aliphatic carboxylic acids is 2. The first-order valence-electron chi connectivity index (χ1n) is 8.25. The van der Waals surface area contributed by atoms with Gasteiger partial charge < -0.3 is 19.8 Å². The normalized spacial score (nSPS) is 11.1. The van der Waals surface area contributed by atoms with Crippen LogP contribution >= 0.6 is 0 Å². The third kappa shape index (κ3) is 22.5. The fourth-order valence-corrected chi connectivity index (χ4v) is 1.94. The Hall–Kier alpha value is 0.200. The van der Waals surface area contributed by atoms with E-state index in [1.54, 1.807) is 0 Å². The molecular formula is C17H32CaO4. The standard InChI is InChI=1S/C9H18O2.C8H16O2.Ca/c1-8(2)6-4-3-5-7-9(10)11;1-3-5-6-7(4-2)8(9)10;/h8H,3-7H2,1-2H3,(H,10,11);7H,3-6H2,1-2H3,(H,9,10);/q;;+2/p-2. The van der Waals surface area contributed by atoms with Crippen molar-refractivity contribution >= 4 is 49.7 Å². The summed E-state index contributed by atoms with van der Waals surface area (Å²) in [7, 11) is 0. The predicted octanol–water partition coefficient (Wildman–Crippen LogP) is 1.91. The molecule has 0 aromatic rings. The van der Waals surface area contributed by atoms with Crippen LogP contribution < -0.4 is 10.2 Å². The maximum Gasteiger partial charge on any atom is 2.00 e. The van der Waals surface area contributed by atoms with E-state index in [2.05, 4.69) is 20.8 Å². The van der Waals surface area contributed by atoms with E-state index in [0.29, 0.717) is 6.42 Å². The zero-order valence-corrected chi connectivity index (χ0v) is 17.1. The molecular weight excluding hydrogens is 308 g/mol. The van der Waals surface area contributed by atoms with Gasteiger partial charge in [0.1, 0.15) is 0 Å². The summed E-state index contributed by atoms with van der Waals surface area (Å²) in [5.74, 6) is -1.30. The molecule has 0 aliphatic rings. The maximum atomic E-state index is 10.3. The van der Waals surface area contributed by atoms with Gasteiger partial charge in [-0.1, -0.05) is 59.8 Å². The van der Waals surface area contributed by atoms with Gasteiger partial charge in [-0.05, 0) is 37.5 Å². The van der Waals surface area contributed by atoms with Gasteiger partial charge in [0.15, 0.2) is 0 Å². The van der Waals surface area contributed by atoms with Crippen LogP contribution in [0.3, 0.4) is 0 Å². The molecule has 0 aliphatic carbocycles. The van der Waals surface area contributed by atoms with Gasteiger partial charge >= 0.3 is 37.7 Å². The van der Waals surface area contributed by atoms with Crippen molar-refractivity contribution in [3.8, 4) is 0 Å². The van der Waals surface area contributed by atoms with Crippen molar-refractivity contribution < 1.29 is 19.8 Å². The molecule has 0 rings (SSSR count). The molecule has 0 aliphatic heterocycles. The van der Waals surface area contributed by atoms with Gasteiger partial charge in [0.05, 0.1) is 0 Å². The molecule has 5 heteroatoms. The Morgan fingerprint density at radius 3 is 1.86 bits per heavy atom. The summed E-state index contributed by atoms with van der Waals surface area (Å²) >= 11 is 0. The Morgan fingerprint density at radius 2 is 1.50 bits per heavy atom. The third-order valence-electron chi connectivity index (χ3n) is 3.39. The van der Waals surface area contributed by atoms with Crippen molar-refractivity contribution in [2.45, 2.75) is 85.5 Å². The van der Waals surface area contributed by atoms with E-state index < -0.39 is 11.9 Å². The first kappa shape index (κ1) is 27.1. The number of hydrogen-bond donors (Lipinski definition) is 0. The molecule has 0 radical (unpaired) electrons. The van der Waals surface area contributed by atoms with E-state index in [1.165, 1.54) is 6.42 Å². The number of carboxylic acids is 2. The zero-order valence-electron chi connectivity index (χ0n) is 14.9. The molecule has 4 nitrogen and oxygen atoms in total. The van der Waals surface area contributed by atoms with E-state index in [4.69, 9.17) is 0 Å². The summed E-state index contributed by atoms with van der Waals surface area (Å²) in [5.41, 5.74) is 0. The van der Waals surface area contributed by atoms with Crippen molar-refractivity contribution in [2.24, 2.45) is 11.8 Å². The van der Waals surface area contributed by atoms with E-state index in [0.717, 1.165) is 44.4 Å². The topological polar surface area (TPSA) is 80.3 Å². The molecule has 0 amide bonds. The van der Waals surface area contributed by atoms with E-state index >= 15 is 0 Å². The number of carbonyl (C=O) groups is 2. The molecule has 0 aromatic carbocycles. The first-order valence-corrected chi connectivity index (χ1v) is 8.25. The average Bonchev–Trinajstić information content (AvgIpc) is 2.39. The van der Waals surface area contributed by atoms with Gasteiger partial charge in [0.25, 0.3) is 0 Å². The van der Waals surface area contributed by atoms with Crippen LogP contribution in [0.5, 0.6) is 0 Å². The van der Waals surface area contributed by atoms with Crippen LogP contribution in [0.1, 0.15) is 85.5 Å². The smallest absolute Gasteiger partial charge is 0.550 e. The van der Waals surface area contributed by atoms with Crippen molar-refractivity contribution in [3.05, 3.63) is 0 Å². The second-order valence-electron chi connectivity index (χ2n) is 5.93. The van der Waals surface area contributed by atoms with E-state index in [9.17, 15) is 19.8 Å². The summed E-state index contributed by atoms with van der Waals surface area (Å²) in [6.45, 7) is 8.30. The van der Waals surface area contributed by atoms with Crippen molar-refractivity contribution in [1.29, 1.82) is 0 Å². The molecule has 126 valence electrons. The van der Waals surface area contributed by atoms with Gasteiger partial charge in [0.2, 0.25) is 0 Å². The Labute approximate surface area is 166 Å². The number of hydrogen-bond acceptors (Lipinski definition) is 4. The van der Waals surface area contributed by atoms with Crippen LogP contribution in [0.25, 0.3) is 0 Å².